The predicted molar refractivity (Wildman–Crippen MR) is 59.9 cm³/mol. The number of nitrogens with one attached hydrogen (secondary N) is 1. The van der Waals surface area contributed by atoms with Gasteiger partial charge < -0.3 is 10.2 Å². The molecule has 3 nitrogen and oxygen atoms in total. The van der Waals surface area contributed by atoms with E-state index in [1.165, 1.54) is 6.42 Å². The zero-order valence-electron chi connectivity index (χ0n) is 8.74. The maximum atomic E-state index is 8.87. The first-order valence-corrected chi connectivity index (χ1v) is 5.17. The molecule has 15 heavy (non-hydrogen) atoms. The van der Waals surface area contributed by atoms with E-state index < -0.39 is 0 Å². The van der Waals surface area contributed by atoms with Crippen LogP contribution in [0.3, 0.4) is 0 Å². The van der Waals surface area contributed by atoms with Crippen LogP contribution < -0.4 is 5.32 Å². The van der Waals surface area contributed by atoms with Crippen LogP contribution in [0.15, 0.2) is 36.6 Å². The number of rotatable bonds is 3. The van der Waals surface area contributed by atoms with E-state index in [-0.39, 0.29) is 0 Å². The normalized spacial score (nSPS) is 29.0. The van der Waals surface area contributed by atoms with Gasteiger partial charge in [-0.15, -0.1) is 0 Å². The van der Waals surface area contributed by atoms with Gasteiger partial charge in [0, 0.05) is 25.2 Å². The van der Waals surface area contributed by atoms with Crippen LogP contribution >= 0.6 is 0 Å². The highest BCUT2D eigenvalue weighted by atomic mass is 15.3. The van der Waals surface area contributed by atoms with Crippen molar-refractivity contribution in [3.63, 3.8) is 0 Å². The Morgan fingerprint density at radius 3 is 2.53 bits per heavy atom. The van der Waals surface area contributed by atoms with Gasteiger partial charge in [0.05, 0.1) is 11.3 Å². The molecule has 78 valence electrons. The van der Waals surface area contributed by atoms with Crippen molar-refractivity contribution in [1.29, 1.82) is 5.26 Å². The molecule has 0 aromatic heterocycles. The van der Waals surface area contributed by atoms with Crippen molar-refractivity contribution in [1.82, 2.24) is 10.2 Å². The molecule has 3 fully saturated rings. The number of allylic oxidation sites excluding steroid dienone is 3. The van der Waals surface area contributed by atoms with Gasteiger partial charge in [-0.25, -0.2) is 0 Å². The Morgan fingerprint density at radius 2 is 2.07 bits per heavy atom. The lowest BCUT2D eigenvalue weighted by Gasteiger charge is -2.49. The first kappa shape index (κ1) is 10.0. The van der Waals surface area contributed by atoms with Crippen LogP contribution in [0.5, 0.6) is 0 Å². The topological polar surface area (TPSA) is 39.1 Å². The van der Waals surface area contributed by atoms with Gasteiger partial charge >= 0.3 is 0 Å². The summed E-state index contributed by atoms with van der Waals surface area (Å²) in [6.45, 7) is 9.38. The molecule has 3 heteroatoms. The number of nitriles is 1. The molecule has 2 bridgehead atoms. The fourth-order valence-electron chi connectivity index (χ4n) is 2.28. The van der Waals surface area contributed by atoms with Crippen molar-refractivity contribution in [2.24, 2.45) is 0 Å². The van der Waals surface area contributed by atoms with Gasteiger partial charge in [-0.1, -0.05) is 19.2 Å². The van der Waals surface area contributed by atoms with Crippen molar-refractivity contribution >= 4 is 0 Å². The van der Waals surface area contributed by atoms with Crippen LogP contribution in [0.4, 0.5) is 0 Å². The molecule has 2 atom stereocenters. The van der Waals surface area contributed by atoms with Gasteiger partial charge in [-0.2, -0.15) is 5.26 Å². The Bertz CT molecular complexity index is 346. The van der Waals surface area contributed by atoms with Gasteiger partial charge in [-0.3, -0.25) is 0 Å². The maximum absolute atomic E-state index is 8.87. The Labute approximate surface area is 90.4 Å². The Kier molecular flexibility index (Phi) is 2.61. The summed E-state index contributed by atoms with van der Waals surface area (Å²) in [4.78, 5) is 2.22. The summed E-state index contributed by atoms with van der Waals surface area (Å²) in [6, 6.07) is 3.28. The summed E-state index contributed by atoms with van der Waals surface area (Å²) < 4.78 is 0. The molecule has 3 rings (SSSR count). The van der Waals surface area contributed by atoms with Gasteiger partial charge in [0.1, 0.15) is 6.07 Å². The third-order valence-electron chi connectivity index (χ3n) is 2.98. The number of piperidine rings is 1. The van der Waals surface area contributed by atoms with Gasteiger partial charge in [0.2, 0.25) is 0 Å². The average Bonchev–Trinajstić information content (AvgIpc) is 2.24. The standard InChI is InChI=1S/C12H15N3/c1-3-4-12(9(2)6-13)15-7-10-5-11(8-15)14-10/h3-4,10-11,14H,1-2,5,7-8H2/b12-4+. The molecule has 3 aliphatic heterocycles. The molecule has 0 aromatic rings. The number of fused-ring (bicyclic) bond motifs is 2. The molecule has 2 unspecified atom stereocenters. The Morgan fingerprint density at radius 1 is 1.47 bits per heavy atom. The monoisotopic (exact) mass is 201 g/mol. The second kappa shape index (κ2) is 3.92. The van der Waals surface area contributed by atoms with Crippen LogP contribution in [0.25, 0.3) is 0 Å². The predicted octanol–water partition coefficient (Wildman–Crippen LogP) is 1.18. The molecular formula is C12H15N3. The molecular weight excluding hydrogens is 186 g/mol. The highest BCUT2D eigenvalue weighted by Gasteiger charge is 2.37. The van der Waals surface area contributed by atoms with Crippen molar-refractivity contribution in [2.75, 3.05) is 13.1 Å². The average molecular weight is 201 g/mol. The zero-order valence-corrected chi connectivity index (χ0v) is 8.74. The minimum absolute atomic E-state index is 0.524. The van der Waals surface area contributed by atoms with Crippen molar-refractivity contribution in [3.8, 4) is 6.07 Å². The SMILES string of the molecule is C=C/C=C(\C(=C)C#N)N1CC2CC(C1)N2. The largest absolute Gasteiger partial charge is 0.367 e. The summed E-state index contributed by atoms with van der Waals surface area (Å²) in [5, 5.41) is 12.3. The third-order valence-corrected chi connectivity index (χ3v) is 2.98. The number of hydrogen-bond donors (Lipinski definition) is 1. The van der Waals surface area contributed by atoms with E-state index >= 15 is 0 Å². The second-order valence-corrected chi connectivity index (χ2v) is 4.08. The summed E-state index contributed by atoms with van der Waals surface area (Å²) in [5.74, 6) is 0. The molecule has 3 saturated heterocycles. The van der Waals surface area contributed by atoms with Crippen molar-refractivity contribution in [2.45, 2.75) is 18.5 Å². The Balaban J connectivity index is 2.12. The lowest BCUT2D eigenvalue weighted by Crippen LogP contribution is -2.66. The van der Waals surface area contributed by atoms with Crippen molar-refractivity contribution in [3.05, 3.63) is 36.6 Å². The van der Waals surface area contributed by atoms with Crippen LogP contribution in [-0.4, -0.2) is 30.1 Å². The molecule has 0 amide bonds. The van der Waals surface area contributed by atoms with Gasteiger partial charge in [-0.05, 0) is 12.5 Å². The van der Waals surface area contributed by atoms with E-state index in [0.29, 0.717) is 17.7 Å². The van der Waals surface area contributed by atoms with E-state index in [4.69, 9.17) is 5.26 Å². The number of nitrogens with zero attached hydrogens (tertiary/aromatic N) is 2. The summed E-state index contributed by atoms with van der Waals surface area (Å²) in [5.41, 5.74) is 1.44. The number of piperazine rings is 1. The van der Waals surface area contributed by atoms with E-state index in [1.54, 1.807) is 6.08 Å². The minimum Gasteiger partial charge on any atom is -0.367 e. The van der Waals surface area contributed by atoms with Gasteiger partial charge in [0.15, 0.2) is 0 Å². The van der Waals surface area contributed by atoms with Crippen LogP contribution in [0, 0.1) is 11.3 Å². The van der Waals surface area contributed by atoms with Crippen molar-refractivity contribution < 1.29 is 0 Å². The Hall–Kier alpha value is -1.53. The molecule has 0 aromatic carbocycles. The van der Waals surface area contributed by atoms with E-state index in [1.807, 2.05) is 6.08 Å². The molecule has 0 spiro atoms. The molecule has 0 radical (unpaired) electrons. The zero-order chi connectivity index (χ0) is 10.8. The summed E-state index contributed by atoms with van der Waals surface area (Å²) in [7, 11) is 0. The van der Waals surface area contributed by atoms with E-state index in [0.717, 1.165) is 18.8 Å². The van der Waals surface area contributed by atoms with Crippen LogP contribution in [0.2, 0.25) is 0 Å². The summed E-state index contributed by atoms with van der Waals surface area (Å²) in [6.07, 6.45) is 4.85. The smallest absolute Gasteiger partial charge is 0.101 e. The van der Waals surface area contributed by atoms with Crippen LogP contribution in [-0.2, 0) is 0 Å². The number of hydrogen-bond acceptors (Lipinski definition) is 3. The second-order valence-electron chi connectivity index (χ2n) is 4.08. The lowest BCUT2D eigenvalue weighted by molar-refractivity contribution is 0.106. The molecule has 3 aliphatic rings. The molecule has 1 N–H and O–H groups in total. The van der Waals surface area contributed by atoms with E-state index in [2.05, 4.69) is 29.4 Å². The fraction of sp³-hybridized carbons (Fsp3) is 0.417. The maximum Gasteiger partial charge on any atom is 0.101 e. The highest BCUT2D eigenvalue weighted by Crippen LogP contribution is 2.26. The van der Waals surface area contributed by atoms with Crippen LogP contribution in [0.1, 0.15) is 6.42 Å². The minimum atomic E-state index is 0.524. The lowest BCUT2D eigenvalue weighted by atomic mass is 9.90. The molecule has 0 saturated carbocycles. The van der Waals surface area contributed by atoms with E-state index in [9.17, 15) is 0 Å². The first-order valence-electron chi connectivity index (χ1n) is 5.17. The fourth-order valence-corrected chi connectivity index (χ4v) is 2.28. The quantitative estimate of drug-likeness (QED) is 0.550. The summed E-state index contributed by atoms with van der Waals surface area (Å²) >= 11 is 0. The molecule has 0 aliphatic carbocycles. The first-order chi connectivity index (χ1) is 7.24. The third kappa shape index (κ3) is 1.81. The van der Waals surface area contributed by atoms with Gasteiger partial charge in [0.25, 0.3) is 0 Å². The highest BCUT2D eigenvalue weighted by molar-refractivity contribution is 5.40. The molecule has 3 heterocycles.